The molecule has 11 heteroatoms. The lowest BCUT2D eigenvalue weighted by Gasteiger charge is -2.22. The smallest absolute Gasteiger partial charge is 0.293 e. The zero-order chi connectivity index (χ0) is 21.4. The number of ether oxygens (including phenoxy) is 1. The van der Waals surface area contributed by atoms with Gasteiger partial charge in [-0.3, -0.25) is 14.9 Å². The molecule has 0 radical (unpaired) electrons. The van der Waals surface area contributed by atoms with Crippen LogP contribution >= 0.6 is 0 Å². The monoisotopic (exact) mass is 428 g/mol. The van der Waals surface area contributed by atoms with Crippen LogP contribution in [-0.2, 0) is 19.6 Å². The average Bonchev–Trinajstić information content (AvgIpc) is 2.97. The number of carbonyl (C=O) groups excluding carboxylic acids is 1. The number of likely N-dealkylation sites (N-methyl/N-ethyl adjacent to an activating group) is 1. The number of nitro benzene ring substituents is 1. The van der Waals surface area contributed by atoms with Gasteiger partial charge in [-0.15, -0.1) is 0 Å². The van der Waals surface area contributed by atoms with Crippen molar-refractivity contribution in [2.24, 2.45) is 0 Å². The van der Waals surface area contributed by atoms with Gasteiger partial charge in [-0.2, -0.15) is 4.31 Å². The van der Waals surface area contributed by atoms with Gasteiger partial charge in [0.1, 0.15) is 5.69 Å². The number of amides is 1. The van der Waals surface area contributed by atoms with Crippen LogP contribution in [0.25, 0.3) is 0 Å². The lowest BCUT2D eigenvalue weighted by atomic mass is 10.2. The summed E-state index contributed by atoms with van der Waals surface area (Å²) in [7, 11) is -0.745. The van der Waals surface area contributed by atoms with E-state index in [2.05, 4.69) is 5.32 Å². The topological polar surface area (TPSA) is 122 Å². The van der Waals surface area contributed by atoms with E-state index in [0.717, 1.165) is 31.7 Å². The highest BCUT2D eigenvalue weighted by atomic mass is 32.2. The van der Waals surface area contributed by atoms with E-state index in [9.17, 15) is 23.3 Å². The number of anilines is 1. The zero-order valence-electron chi connectivity index (χ0n) is 16.8. The Kier molecular flexibility index (Phi) is 8.35. The molecular formula is C18H28N4O6S. The molecule has 1 heterocycles. The molecule has 0 aromatic heterocycles. The number of rotatable bonds is 9. The standard InChI is InChI=1S/C18H28N4O6S/c1-20(14-18(23)19-9-12-28-2)16-8-7-15(13-17(16)22(24)25)29(26,27)21-10-5-3-4-6-11-21/h7-8,13H,3-6,9-12,14H2,1-2H3,(H,19,23). The third-order valence-corrected chi connectivity index (χ3v) is 6.66. The van der Waals surface area contributed by atoms with E-state index in [1.54, 1.807) is 7.05 Å². The normalized spacial score (nSPS) is 15.5. The van der Waals surface area contributed by atoms with Gasteiger partial charge in [-0.05, 0) is 25.0 Å². The summed E-state index contributed by atoms with van der Waals surface area (Å²) in [6.45, 7) is 1.42. The van der Waals surface area contributed by atoms with E-state index in [1.807, 2.05) is 0 Å². The van der Waals surface area contributed by atoms with Crippen molar-refractivity contribution in [2.45, 2.75) is 30.6 Å². The predicted octanol–water partition coefficient (Wildman–Crippen LogP) is 1.36. The van der Waals surface area contributed by atoms with Gasteiger partial charge in [0, 0.05) is 39.9 Å². The Morgan fingerprint density at radius 2 is 1.93 bits per heavy atom. The fourth-order valence-corrected chi connectivity index (χ4v) is 4.75. The number of nitrogens with one attached hydrogen (secondary N) is 1. The van der Waals surface area contributed by atoms with Crippen LogP contribution < -0.4 is 10.2 Å². The van der Waals surface area contributed by atoms with Gasteiger partial charge in [0.05, 0.1) is 23.0 Å². The molecule has 1 saturated heterocycles. The second-order valence-corrected chi connectivity index (χ2v) is 8.86. The fraction of sp³-hybridized carbons (Fsp3) is 0.611. The zero-order valence-corrected chi connectivity index (χ0v) is 17.6. The molecule has 29 heavy (non-hydrogen) atoms. The van der Waals surface area contributed by atoms with Crippen molar-refractivity contribution in [3.63, 3.8) is 0 Å². The van der Waals surface area contributed by atoms with Crippen molar-refractivity contribution in [3.05, 3.63) is 28.3 Å². The van der Waals surface area contributed by atoms with E-state index < -0.39 is 14.9 Å². The molecule has 0 unspecified atom stereocenters. The Bertz CT molecular complexity index is 822. The molecule has 2 rings (SSSR count). The van der Waals surface area contributed by atoms with Gasteiger partial charge >= 0.3 is 0 Å². The molecule has 10 nitrogen and oxygen atoms in total. The number of carbonyl (C=O) groups is 1. The SMILES string of the molecule is COCCNC(=O)CN(C)c1ccc(S(=O)(=O)N2CCCCCC2)cc1[N+](=O)[O-]. The summed E-state index contributed by atoms with van der Waals surface area (Å²) in [5, 5.41) is 14.2. The van der Waals surface area contributed by atoms with E-state index in [1.165, 1.54) is 28.4 Å². The molecule has 1 N–H and O–H groups in total. The van der Waals surface area contributed by atoms with Gasteiger partial charge in [-0.25, -0.2) is 8.42 Å². The van der Waals surface area contributed by atoms with Crippen LogP contribution in [0.1, 0.15) is 25.7 Å². The van der Waals surface area contributed by atoms with Crippen molar-refractivity contribution in [3.8, 4) is 0 Å². The van der Waals surface area contributed by atoms with Gasteiger partial charge in [0.2, 0.25) is 15.9 Å². The maximum absolute atomic E-state index is 12.9. The highest BCUT2D eigenvalue weighted by Crippen LogP contribution is 2.31. The molecular weight excluding hydrogens is 400 g/mol. The number of nitro groups is 1. The summed E-state index contributed by atoms with van der Waals surface area (Å²) in [4.78, 5) is 24.2. The van der Waals surface area contributed by atoms with Gasteiger partial charge in [-0.1, -0.05) is 12.8 Å². The molecule has 0 aliphatic carbocycles. The lowest BCUT2D eigenvalue weighted by molar-refractivity contribution is -0.384. The van der Waals surface area contributed by atoms with Crippen LogP contribution in [0.2, 0.25) is 0 Å². The van der Waals surface area contributed by atoms with Crippen LogP contribution in [0.3, 0.4) is 0 Å². The number of hydrogen-bond donors (Lipinski definition) is 1. The van der Waals surface area contributed by atoms with E-state index in [-0.39, 0.29) is 28.7 Å². The molecule has 0 saturated carbocycles. The maximum atomic E-state index is 12.9. The van der Waals surface area contributed by atoms with Crippen LogP contribution in [0.15, 0.2) is 23.1 Å². The number of hydrogen-bond acceptors (Lipinski definition) is 7. The van der Waals surface area contributed by atoms with Gasteiger partial charge < -0.3 is 15.0 Å². The van der Waals surface area contributed by atoms with Crippen LogP contribution in [0.5, 0.6) is 0 Å². The minimum atomic E-state index is -3.80. The van der Waals surface area contributed by atoms with Crippen molar-refractivity contribution >= 4 is 27.3 Å². The second-order valence-electron chi connectivity index (χ2n) is 6.92. The van der Waals surface area contributed by atoms with Crippen LogP contribution in [0.4, 0.5) is 11.4 Å². The average molecular weight is 429 g/mol. The summed E-state index contributed by atoms with van der Waals surface area (Å²) in [5.41, 5.74) is -0.181. The fourth-order valence-electron chi connectivity index (χ4n) is 3.21. The molecule has 0 atom stereocenters. The van der Waals surface area contributed by atoms with Crippen molar-refractivity contribution in [1.29, 1.82) is 0 Å². The Morgan fingerprint density at radius 1 is 1.28 bits per heavy atom. The summed E-state index contributed by atoms with van der Waals surface area (Å²) in [6, 6.07) is 3.82. The minimum Gasteiger partial charge on any atom is -0.383 e. The van der Waals surface area contributed by atoms with Crippen LogP contribution in [0, 0.1) is 10.1 Å². The second kappa shape index (κ2) is 10.5. The molecule has 1 aromatic carbocycles. The molecule has 1 aromatic rings. The molecule has 1 aliphatic heterocycles. The molecule has 162 valence electrons. The largest absolute Gasteiger partial charge is 0.383 e. The molecule has 1 amide bonds. The van der Waals surface area contributed by atoms with E-state index >= 15 is 0 Å². The van der Waals surface area contributed by atoms with E-state index in [4.69, 9.17) is 4.74 Å². The molecule has 0 spiro atoms. The first kappa shape index (κ1) is 23.0. The summed E-state index contributed by atoms with van der Waals surface area (Å²) in [5.74, 6) is -0.319. The van der Waals surface area contributed by atoms with Gasteiger partial charge in [0.25, 0.3) is 5.69 Å². The van der Waals surface area contributed by atoms with Crippen molar-refractivity contribution in [1.82, 2.24) is 9.62 Å². The number of sulfonamides is 1. The van der Waals surface area contributed by atoms with Gasteiger partial charge in [0.15, 0.2) is 0 Å². The quantitative estimate of drug-likeness (QED) is 0.358. The first-order valence-electron chi connectivity index (χ1n) is 9.52. The number of nitrogens with zero attached hydrogens (tertiary/aromatic N) is 3. The Balaban J connectivity index is 2.23. The predicted molar refractivity (Wildman–Crippen MR) is 108 cm³/mol. The number of benzene rings is 1. The molecule has 1 aliphatic rings. The highest BCUT2D eigenvalue weighted by molar-refractivity contribution is 7.89. The van der Waals surface area contributed by atoms with Crippen molar-refractivity contribution < 1.29 is 22.9 Å². The summed E-state index contributed by atoms with van der Waals surface area (Å²) >= 11 is 0. The molecule has 1 fully saturated rings. The summed E-state index contributed by atoms with van der Waals surface area (Å²) < 4.78 is 32.1. The minimum absolute atomic E-state index is 0.104. The highest BCUT2D eigenvalue weighted by Gasteiger charge is 2.29. The lowest BCUT2D eigenvalue weighted by Crippen LogP contribution is -2.37. The third-order valence-electron chi connectivity index (χ3n) is 4.77. The first-order chi connectivity index (χ1) is 13.8. The maximum Gasteiger partial charge on any atom is 0.293 e. The van der Waals surface area contributed by atoms with Crippen LogP contribution in [-0.4, -0.2) is 70.5 Å². The first-order valence-corrected chi connectivity index (χ1v) is 11.0. The summed E-state index contributed by atoms with van der Waals surface area (Å²) in [6.07, 6.45) is 3.51. The Labute approximate surface area is 171 Å². The Morgan fingerprint density at radius 3 is 2.52 bits per heavy atom. The molecule has 0 bridgehead atoms. The van der Waals surface area contributed by atoms with Crippen molar-refractivity contribution in [2.75, 3.05) is 51.8 Å². The third kappa shape index (κ3) is 6.12. The number of methoxy groups -OCH3 is 1. The van der Waals surface area contributed by atoms with E-state index in [0.29, 0.717) is 26.2 Å². The Hall–Kier alpha value is -2.24.